The molecule has 338 valence electrons. The van der Waals surface area contributed by atoms with E-state index in [0.29, 0.717) is 0 Å². The van der Waals surface area contributed by atoms with Crippen LogP contribution in [-0.2, 0) is 0 Å². The number of para-hydroxylation sites is 3. The van der Waals surface area contributed by atoms with Gasteiger partial charge in [-0.15, -0.1) is 0 Å². The zero-order valence-corrected chi connectivity index (χ0v) is 39.5. The van der Waals surface area contributed by atoms with Crippen LogP contribution in [0.15, 0.2) is 249 Å². The molecule has 5 nitrogen and oxygen atoms in total. The van der Waals surface area contributed by atoms with Gasteiger partial charge in [-0.05, 0) is 140 Å². The van der Waals surface area contributed by atoms with Crippen LogP contribution in [0.3, 0.4) is 0 Å². The Labute approximate surface area is 423 Å². The normalized spacial score (nSPS) is 13.3. The largest absolute Gasteiger partial charge is 0.458 e. The summed E-state index contributed by atoms with van der Waals surface area (Å²) in [7, 11) is 0. The Kier molecular flexibility index (Phi) is 8.57. The maximum atomic E-state index is 6.93. The molecule has 5 heterocycles. The van der Waals surface area contributed by atoms with Crippen molar-refractivity contribution >= 4 is 102 Å². The minimum atomic E-state index is -0.104. The van der Waals surface area contributed by atoms with E-state index in [0.717, 1.165) is 84.8 Å². The Hall–Kier alpha value is -9.45. The van der Waals surface area contributed by atoms with Crippen molar-refractivity contribution in [3.8, 4) is 50.9 Å². The Balaban J connectivity index is 1.02. The van der Waals surface area contributed by atoms with E-state index in [2.05, 4.69) is 263 Å². The zero-order valence-electron chi connectivity index (χ0n) is 39.5. The summed E-state index contributed by atoms with van der Waals surface area (Å²) >= 11 is 0. The molecule has 0 saturated heterocycles. The third-order valence-corrected chi connectivity index (χ3v) is 15.6. The van der Waals surface area contributed by atoms with Crippen molar-refractivity contribution in [3.05, 3.63) is 249 Å². The highest BCUT2D eigenvalue weighted by molar-refractivity contribution is 7.00. The SMILES string of the molecule is c1ccc(-c2ccc3c(c2)B2c4cc5c6cc7c(cc6n(-c6ccccc6)c5cc4N(c4ccccc4)c4cccc(c42)O3)N(c2ccccc2)c2cccc3c2B7c2cc(-c4ccccc4)ccc2O3)cc1. The lowest BCUT2D eigenvalue weighted by atomic mass is 9.33. The van der Waals surface area contributed by atoms with E-state index >= 15 is 0 Å². The molecule has 0 atom stereocenters. The van der Waals surface area contributed by atoms with E-state index in [4.69, 9.17) is 9.47 Å². The van der Waals surface area contributed by atoms with E-state index in [1.54, 1.807) is 0 Å². The summed E-state index contributed by atoms with van der Waals surface area (Å²) in [5.74, 6) is 3.55. The minimum absolute atomic E-state index is 0.104. The molecule has 4 aliphatic rings. The lowest BCUT2D eigenvalue weighted by molar-refractivity contribution is 0.487. The highest BCUT2D eigenvalue weighted by atomic mass is 16.5. The topological polar surface area (TPSA) is 29.9 Å². The number of aromatic nitrogens is 1. The molecule has 0 amide bonds. The third-order valence-electron chi connectivity index (χ3n) is 15.6. The van der Waals surface area contributed by atoms with Crippen molar-refractivity contribution in [1.29, 1.82) is 0 Å². The van der Waals surface area contributed by atoms with Gasteiger partial charge in [-0.2, -0.15) is 0 Å². The summed E-state index contributed by atoms with van der Waals surface area (Å²) < 4.78 is 16.4. The molecule has 0 unspecified atom stereocenters. The molecule has 0 saturated carbocycles. The van der Waals surface area contributed by atoms with Crippen LogP contribution in [0.5, 0.6) is 23.0 Å². The van der Waals surface area contributed by atoms with Gasteiger partial charge >= 0.3 is 0 Å². The highest BCUT2D eigenvalue weighted by Gasteiger charge is 2.45. The first-order valence-electron chi connectivity index (χ1n) is 25.1. The summed E-state index contributed by atoms with van der Waals surface area (Å²) in [6.45, 7) is -0.208. The summed E-state index contributed by atoms with van der Waals surface area (Å²) in [6, 6.07) is 90.4. The number of anilines is 6. The zero-order chi connectivity index (χ0) is 47.7. The molecule has 0 N–H and O–H groups in total. The van der Waals surface area contributed by atoms with E-state index in [1.807, 2.05) is 0 Å². The Bertz CT molecular complexity index is 3970. The average Bonchev–Trinajstić information content (AvgIpc) is 3.77. The van der Waals surface area contributed by atoms with Crippen molar-refractivity contribution in [2.24, 2.45) is 0 Å². The van der Waals surface area contributed by atoms with E-state index in [-0.39, 0.29) is 13.4 Å². The van der Waals surface area contributed by atoms with Crippen LogP contribution in [0.4, 0.5) is 34.1 Å². The lowest BCUT2D eigenvalue weighted by Gasteiger charge is -2.40. The van der Waals surface area contributed by atoms with Gasteiger partial charge in [-0.3, -0.25) is 0 Å². The molecule has 4 aliphatic heterocycles. The minimum Gasteiger partial charge on any atom is -0.458 e. The lowest BCUT2D eigenvalue weighted by Crippen LogP contribution is -2.59. The first-order chi connectivity index (χ1) is 36.2. The van der Waals surface area contributed by atoms with Crippen molar-refractivity contribution in [1.82, 2.24) is 4.57 Å². The molecule has 1 aromatic heterocycles. The Morgan fingerprint density at radius 3 is 1.10 bits per heavy atom. The summed E-state index contributed by atoms with van der Waals surface area (Å²) in [5.41, 5.74) is 21.9. The number of benzene rings is 11. The monoisotopic (exact) mass is 929 g/mol. The van der Waals surface area contributed by atoms with Crippen LogP contribution in [0.25, 0.3) is 49.7 Å². The quantitative estimate of drug-likeness (QED) is 0.161. The van der Waals surface area contributed by atoms with Crippen LogP contribution < -0.4 is 52.1 Å². The van der Waals surface area contributed by atoms with Gasteiger partial charge in [0.1, 0.15) is 23.0 Å². The summed E-state index contributed by atoms with van der Waals surface area (Å²) in [5, 5.41) is 2.38. The smallest absolute Gasteiger partial charge is 0.256 e. The van der Waals surface area contributed by atoms with Crippen molar-refractivity contribution in [3.63, 3.8) is 0 Å². The van der Waals surface area contributed by atoms with Crippen LogP contribution in [0, 0.1) is 0 Å². The molecule has 16 rings (SSSR count). The Morgan fingerprint density at radius 2 is 0.671 bits per heavy atom. The number of fused-ring (bicyclic) bond motifs is 11. The van der Waals surface area contributed by atoms with Gasteiger partial charge in [0.05, 0.1) is 11.0 Å². The van der Waals surface area contributed by atoms with Crippen molar-refractivity contribution in [2.45, 2.75) is 0 Å². The maximum absolute atomic E-state index is 6.93. The molecular weight excluding hydrogens is 888 g/mol. The van der Waals surface area contributed by atoms with Gasteiger partial charge in [0.15, 0.2) is 0 Å². The second-order valence-electron chi connectivity index (χ2n) is 19.6. The summed E-state index contributed by atoms with van der Waals surface area (Å²) in [4.78, 5) is 4.91. The molecule has 12 aromatic rings. The van der Waals surface area contributed by atoms with Gasteiger partial charge in [0.2, 0.25) is 0 Å². The van der Waals surface area contributed by atoms with Gasteiger partial charge < -0.3 is 23.8 Å². The van der Waals surface area contributed by atoms with Crippen LogP contribution in [0.1, 0.15) is 0 Å². The fraction of sp³-hybridized carbons (Fsp3) is 0. The first-order valence-corrected chi connectivity index (χ1v) is 25.1. The fourth-order valence-corrected chi connectivity index (χ4v) is 12.6. The highest BCUT2D eigenvalue weighted by Crippen LogP contribution is 2.47. The molecule has 0 radical (unpaired) electrons. The molecule has 0 aliphatic carbocycles. The van der Waals surface area contributed by atoms with E-state index in [9.17, 15) is 0 Å². The predicted octanol–water partition coefficient (Wildman–Crippen LogP) is 12.9. The number of hydrogen-bond donors (Lipinski definition) is 0. The standard InChI is InChI=1S/C66H41B2N3O2/c1-6-18-42(19-7-1)44-32-34-61-53(36-44)67-51-38-49-50-39-52-60(70(47-24-12-4-13-25-47)56-29-17-31-64-66(56)68(52)54-37-45(33-35-62(54)73-64)43-20-8-2-9-21-43)41-58(50)71(48-26-14-5-15-27-48)57(49)40-59(51)69(46-22-10-3-11-23-46)55-28-16-30-63(72-61)65(55)67/h1-41H. The number of ether oxygens (including phenoxy) is 2. The van der Waals surface area contributed by atoms with E-state index < -0.39 is 0 Å². The average molecular weight is 930 g/mol. The molecular formula is C66H41B2N3O2. The second-order valence-corrected chi connectivity index (χ2v) is 19.6. The number of nitrogens with zero attached hydrogens (tertiary/aromatic N) is 3. The van der Waals surface area contributed by atoms with Gasteiger partial charge in [-0.1, -0.05) is 164 Å². The molecule has 11 aromatic carbocycles. The van der Waals surface area contributed by atoms with Gasteiger partial charge in [0.25, 0.3) is 13.4 Å². The van der Waals surface area contributed by atoms with Crippen molar-refractivity contribution in [2.75, 3.05) is 9.80 Å². The molecule has 0 bridgehead atoms. The molecule has 0 spiro atoms. The van der Waals surface area contributed by atoms with Crippen LogP contribution in [-0.4, -0.2) is 18.0 Å². The van der Waals surface area contributed by atoms with Crippen molar-refractivity contribution < 1.29 is 9.47 Å². The Morgan fingerprint density at radius 1 is 0.274 bits per heavy atom. The maximum Gasteiger partial charge on any atom is 0.256 e. The number of rotatable bonds is 5. The third kappa shape index (κ3) is 5.94. The van der Waals surface area contributed by atoms with Gasteiger partial charge in [0, 0.05) is 50.6 Å². The number of hydrogen-bond acceptors (Lipinski definition) is 4. The van der Waals surface area contributed by atoms with E-state index in [1.165, 1.54) is 54.9 Å². The molecule has 73 heavy (non-hydrogen) atoms. The van der Waals surface area contributed by atoms with Crippen LogP contribution >= 0.6 is 0 Å². The predicted molar refractivity (Wildman–Crippen MR) is 303 cm³/mol. The van der Waals surface area contributed by atoms with Crippen LogP contribution in [0.2, 0.25) is 0 Å². The second kappa shape index (κ2) is 15.5. The van der Waals surface area contributed by atoms with Gasteiger partial charge in [-0.25, -0.2) is 0 Å². The molecule has 0 fully saturated rings. The molecule has 7 heteroatoms. The first kappa shape index (κ1) is 40.3. The summed E-state index contributed by atoms with van der Waals surface area (Å²) in [6.07, 6.45) is 0. The fourth-order valence-electron chi connectivity index (χ4n) is 12.6.